The Morgan fingerprint density at radius 2 is 2.10 bits per heavy atom. The molecular weight excluding hydrogens is 386 g/mol. The zero-order valence-electron chi connectivity index (χ0n) is 16.7. The molecule has 2 fully saturated rings. The minimum absolute atomic E-state index is 0.104. The number of ether oxygens (including phenoxy) is 1. The molecule has 30 heavy (non-hydrogen) atoms. The van der Waals surface area contributed by atoms with E-state index < -0.39 is 6.10 Å². The maximum Gasteiger partial charge on any atom is 0.308 e. The Kier molecular flexibility index (Phi) is 3.74. The van der Waals surface area contributed by atoms with Crippen LogP contribution in [-0.4, -0.2) is 37.9 Å². The van der Waals surface area contributed by atoms with E-state index >= 15 is 0 Å². The fourth-order valence-electron chi connectivity index (χ4n) is 5.13. The summed E-state index contributed by atoms with van der Waals surface area (Å²) in [5, 5.41) is 16.1. The van der Waals surface area contributed by atoms with Crippen molar-refractivity contribution in [2.75, 3.05) is 12.8 Å². The summed E-state index contributed by atoms with van der Waals surface area (Å²) >= 11 is 0. The van der Waals surface area contributed by atoms with Crippen LogP contribution in [0.1, 0.15) is 67.2 Å². The van der Waals surface area contributed by atoms with E-state index in [9.17, 15) is 9.90 Å². The number of carbonyl (C=O) groups is 1. The number of anilines is 1. The molecule has 3 heterocycles. The fraction of sp³-hybridized carbons (Fsp3) is 0.524. The van der Waals surface area contributed by atoms with Gasteiger partial charge in [-0.05, 0) is 38.5 Å². The lowest BCUT2D eigenvalue weighted by atomic mass is 9.80. The van der Waals surface area contributed by atoms with Crippen molar-refractivity contribution in [3.63, 3.8) is 0 Å². The molecule has 9 heteroatoms. The van der Waals surface area contributed by atoms with Gasteiger partial charge >= 0.3 is 5.97 Å². The third-order valence-corrected chi connectivity index (χ3v) is 6.86. The highest BCUT2D eigenvalue weighted by Gasteiger charge is 2.42. The molecule has 3 aliphatic carbocycles. The number of rotatable bonds is 3. The highest BCUT2D eigenvalue weighted by molar-refractivity contribution is 6.02. The fourth-order valence-corrected chi connectivity index (χ4v) is 5.13. The van der Waals surface area contributed by atoms with Gasteiger partial charge in [-0.15, -0.1) is 0 Å². The van der Waals surface area contributed by atoms with Crippen LogP contribution in [0.2, 0.25) is 0 Å². The largest absolute Gasteiger partial charge is 0.469 e. The molecule has 1 unspecified atom stereocenters. The Hall–Kier alpha value is -2.94. The van der Waals surface area contributed by atoms with Crippen molar-refractivity contribution >= 4 is 22.8 Å². The SMILES string of the molecule is COC(=O)C1CC(n2c3c(c4c(N)ncnc42)-c2noc(C4CC4)c2C(O)CC3)C1. The van der Waals surface area contributed by atoms with Crippen LogP contribution in [0.15, 0.2) is 10.9 Å². The van der Waals surface area contributed by atoms with Gasteiger partial charge in [0.2, 0.25) is 0 Å². The van der Waals surface area contributed by atoms with Gasteiger partial charge in [0.25, 0.3) is 0 Å². The van der Waals surface area contributed by atoms with E-state index in [2.05, 4.69) is 19.7 Å². The second-order valence-electron chi connectivity index (χ2n) is 8.63. The van der Waals surface area contributed by atoms with Gasteiger partial charge in [0, 0.05) is 23.2 Å². The first-order valence-corrected chi connectivity index (χ1v) is 10.5. The molecule has 3 aromatic rings. The number of nitrogens with two attached hydrogens (primary N) is 1. The lowest BCUT2D eigenvalue weighted by molar-refractivity contribution is -0.149. The van der Waals surface area contributed by atoms with E-state index in [0.29, 0.717) is 43.1 Å². The van der Waals surface area contributed by atoms with Crippen LogP contribution in [-0.2, 0) is 16.0 Å². The van der Waals surface area contributed by atoms with Crippen LogP contribution in [0.3, 0.4) is 0 Å². The topological polar surface area (TPSA) is 129 Å². The van der Waals surface area contributed by atoms with Crippen molar-refractivity contribution in [3.05, 3.63) is 23.3 Å². The molecule has 3 aliphatic rings. The molecule has 1 atom stereocenters. The highest BCUT2D eigenvalue weighted by Crippen LogP contribution is 2.52. The van der Waals surface area contributed by atoms with Gasteiger partial charge in [-0.25, -0.2) is 9.97 Å². The van der Waals surface area contributed by atoms with E-state index in [4.69, 9.17) is 15.0 Å². The van der Waals surface area contributed by atoms with Crippen molar-refractivity contribution in [2.24, 2.45) is 5.92 Å². The number of aliphatic hydroxyl groups excluding tert-OH is 1. The van der Waals surface area contributed by atoms with Crippen molar-refractivity contribution < 1.29 is 19.2 Å². The molecule has 3 aromatic heterocycles. The van der Waals surface area contributed by atoms with Crippen molar-refractivity contribution in [1.82, 2.24) is 19.7 Å². The summed E-state index contributed by atoms with van der Waals surface area (Å²) in [7, 11) is 1.42. The zero-order valence-corrected chi connectivity index (χ0v) is 16.7. The molecule has 2 saturated carbocycles. The van der Waals surface area contributed by atoms with Gasteiger partial charge in [0.1, 0.15) is 29.2 Å². The van der Waals surface area contributed by atoms with E-state index in [-0.39, 0.29) is 17.9 Å². The second kappa shape index (κ2) is 6.28. The number of carbonyl (C=O) groups excluding carboxylic acids is 1. The van der Waals surface area contributed by atoms with Gasteiger partial charge < -0.3 is 24.7 Å². The van der Waals surface area contributed by atoms with Crippen LogP contribution in [0.25, 0.3) is 22.3 Å². The molecule has 3 N–H and O–H groups in total. The molecule has 0 radical (unpaired) electrons. The number of esters is 1. The molecular formula is C21H23N5O4. The Bertz CT molecular complexity index is 1170. The molecule has 0 amide bonds. The lowest BCUT2D eigenvalue weighted by Gasteiger charge is -2.35. The minimum atomic E-state index is -0.632. The van der Waals surface area contributed by atoms with Gasteiger partial charge in [0.15, 0.2) is 0 Å². The summed E-state index contributed by atoms with van der Waals surface area (Å²) in [6, 6.07) is 0.114. The van der Waals surface area contributed by atoms with Crippen LogP contribution >= 0.6 is 0 Å². The van der Waals surface area contributed by atoms with Gasteiger partial charge in [0.05, 0.1) is 30.1 Å². The number of nitrogen functional groups attached to an aromatic ring is 1. The van der Waals surface area contributed by atoms with Crippen LogP contribution in [0, 0.1) is 5.92 Å². The van der Waals surface area contributed by atoms with E-state index in [1.54, 1.807) is 0 Å². The van der Waals surface area contributed by atoms with E-state index in [0.717, 1.165) is 46.5 Å². The normalized spacial score (nSPS) is 25.3. The third kappa shape index (κ3) is 2.38. The second-order valence-corrected chi connectivity index (χ2v) is 8.63. The monoisotopic (exact) mass is 409 g/mol. The average Bonchev–Trinajstić information content (AvgIpc) is 3.40. The summed E-state index contributed by atoms with van der Waals surface area (Å²) in [5.41, 5.74) is 10.4. The maximum atomic E-state index is 11.9. The number of aliphatic hydroxyl groups is 1. The Morgan fingerprint density at radius 1 is 1.30 bits per heavy atom. The standard InChI is InChI=1S/C21H23N5O4/c1-29-21(28)10-6-11(7-10)26-12-4-5-13(27)15-17(25-30-18(15)9-2-3-9)14(12)16-19(22)23-8-24-20(16)26/h8-11,13,27H,2-7H2,1H3,(H2,22,23,24). The predicted octanol–water partition coefficient (Wildman–Crippen LogP) is 2.65. The number of aromatic nitrogens is 4. The molecule has 6 rings (SSSR count). The third-order valence-electron chi connectivity index (χ3n) is 6.86. The first-order chi connectivity index (χ1) is 14.6. The number of nitrogens with zero attached hydrogens (tertiary/aromatic N) is 4. The van der Waals surface area contributed by atoms with Crippen molar-refractivity contribution in [1.29, 1.82) is 0 Å². The number of methoxy groups -OCH3 is 1. The highest BCUT2D eigenvalue weighted by atomic mass is 16.5. The lowest BCUT2D eigenvalue weighted by Crippen LogP contribution is -2.34. The van der Waals surface area contributed by atoms with E-state index in [1.165, 1.54) is 13.4 Å². The van der Waals surface area contributed by atoms with Crippen molar-refractivity contribution in [3.8, 4) is 11.3 Å². The number of hydrogen-bond acceptors (Lipinski definition) is 8. The number of fused-ring (bicyclic) bond motifs is 5. The number of hydrogen-bond donors (Lipinski definition) is 2. The van der Waals surface area contributed by atoms with Crippen molar-refractivity contribution in [2.45, 2.75) is 56.6 Å². The molecule has 156 valence electrons. The minimum Gasteiger partial charge on any atom is -0.469 e. The quantitative estimate of drug-likeness (QED) is 0.632. The van der Waals surface area contributed by atoms with Crippen LogP contribution < -0.4 is 5.73 Å². The molecule has 0 spiro atoms. The van der Waals surface area contributed by atoms with Gasteiger partial charge in [-0.2, -0.15) is 0 Å². The molecule has 0 aliphatic heterocycles. The molecule has 0 aromatic carbocycles. The van der Waals surface area contributed by atoms with Crippen LogP contribution in [0.5, 0.6) is 0 Å². The van der Waals surface area contributed by atoms with Crippen LogP contribution in [0.4, 0.5) is 5.82 Å². The van der Waals surface area contributed by atoms with Gasteiger partial charge in [-0.3, -0.25) is 4.79 Å². The summed E-state index contributed by atoms with van der Waals surface area (Å²) in [4.78, 5) is 20.7. The van der Waals surface area contributed by atoms with Gasteiger partial charge in [-0.1, -0.05) is 5.16 Å². The predicted molar refractivity (Wildman–Crippen MR) is 106 cm³/mol. The molecule has 0 bridgehead atoms. The Morgan fingerprint density at radius 3 is 2.83 bits per heavy atom. The smallest absolute Gasteiger partial charge is 0.308 e. The summed E-state index contributed by atoms with van der Waals surface area (Å²) < 4.78 is 12.8. The molecule has 0 saturated heterocycles. The first-order valence-electron chi connectivity index (χ1n) is 10.5. The Labute approximate surface area is 172 Å². The Balaban J connectivity index is 1.55. The summed E-state index contributed by atoms with van der Waals surface area (Å²) in [6.45, 7) is 0. The molecule has 9 nitrogen and oxygen atoms in total. The maximum absolute atomic E-state index is 11.9. The van der Waals surface area contributed by atoms with E-state index in [1.807, 2.05) is 0 Å². The zero-order chi connectivity index (χ0) is 20.6. The summed E-state index contributed by atoms with van der Waals surface area (Å²) in [5.74, 6) is 1.25. The average molecular weight is 409 g/mol. The summed E-state index contributed by atoms with van der Waals surface area (Å²) in [6.07, 6.45) is 5.56. The first kappa shape index (κ1) is 17.9.